The number of rotatable bonds is 1. The van der Waals surface area contributed by atoms with Crippen molar-refractivity contribution in [2.45, 2.75) is 19.3 Å². The Hall–Kier alpha value is -0.830. The first-order chi connectivity index (χ1) is 6.66. The lowest BCUT2D eigenvalue weighted by Crippen LogP contribution is -2.13. The molecule has 1 aliphatic heterocycles. The molecule has 0 saturated carbocycles. The molecule has 3 heteroatoms. The van der Waals surface area contributed by atoms with Crippen LogP contribution in [0.5, 0.6) is 0 Å². The molecule has 1 N–H and O–H groups in total. The van der Waals surface area contributed by atoms with Gasteiger partial charge < -0.3 is 5.32 Å². The third-order valence-corrected chi connectivity index (χ3v) is 3.26. The predicted molar refractivity (Wildman–Crippen MR) is 59.2 cm³/mol. The molecule has 74 valence electrons. The van der Waals surface area contributed by atoms with Crippen LogP contribution in [0.25, 0.3) is 0 Å². The van der Waals surface area contributed by atoms with E-state index < -0.39 is 0 Å². The molecule has 0 aromatic heterocycles. The minimum Gasteiger partial charge on any atom is -0.355 e. The van der Waals surface area contributed by atoms with E-state index in [0.29, 0.717) is 12.3 Å². The van der Waals surface area contributed by atoms with Crippen molar-refractivity contribution in [3.05, 3.63) is 33.8 Å². The standard InChI is InChI=1S/C11H12BrNO/c1-7-2-3-9(10(12)4-7)8-5-11(14)13-6-8/h2-4,8H,5-6H2,1H3,(H,13,14). The number of halogens is 1. The number of hydrogen-bond acceptors (Lipinski definition) is 1. The molecule has 1 aliphatic rings. The Morgan fingerprint density at radius 1 is 1.50 bits per heavy atom. The minimum atomic E-state index is 0.155. The van der Waals surface area contributed by atoms with Gasteiger partial charge in [0.2, 0.25) is 5.91 Å². The molecule has 1 atom stereocenters. The number of aryl methyl sites for hydroxylation is 1. The summed E-state index contributed by atoms with van der Waals surface area (Å²) >= 11 is 3.54. The van der Waals surface area contributed by atoms with Gasteiger partial charge in [-0.3, -0.25) is 4.79 Å². The van der Waals surface area contributed by atoms with Crippen LogP contribution in [-0.2, 0) is 4.79 Å². The summed E-state index contributed by atoms with van der Waals surface area (Å²) in [4.78, 5) is 11.1. The Bertz CT molecular complexity index is 376. The predicted octanol–water partition coefficient (Wildman–Crippen LogP) is 2.36. The Morgan fingerprint density at radius 3 is 2.86 bits per heavy atom. The van der Waals surface area contributed by atoms with Gasteiger partial charge in [-0.15, -0.1) is 0 Å². The maximum Gasteiger partial charge on any atom is 0.220 e. The highest BCUT2D eigenvalue weighted by atomic mass is 79.9. The summed E-state index contributed by atoms with van der Waals surface area (Å²) in [6, 6.07) is 6.28. The van der Waals surface area contributed by atoms with E-state index in [4.69, 9.17) is 0 Å². The number of carbonyl (C=O) groups is 1. The van der Waals surface area contributed by atoms with Crippen LogP contribution in [0.15, 0.2) is 22.7 Å². The molecular weight excluding hydrogens is 242 g/mol. The van der Waals surface area contributed by atoms with Crippen molar-refractivity contribution in [2.75, 3.05) is 6.54 Å². The van der Waals surface area contributed by atoms with Crippen molar-refractivity contribution in [2.24, 2.45) is 0 Å². The monoisotopic (exact) mass is 253 g/mol. The molecule has 2 rings (SSSR count). The second kappa shape index (κ2) is 3.73. The van der Waals surface area contributed by atoms with Crippen LogP contribution >= 0.6 is 15.9 Å². The van der Waals surface area contributed by atoms with Gasteiger partial charge >= 0.3 is 0 Å². The van der Waals surface area contributed by atoms with Crippen LogP contribution in [0.4, 0.5) is 0 Å². The lowest BCUT2D eigenvalue weighted by Gasteiger charge is -2.10. The summed E-state index contributed by atoms with van der Waals surface area (Å²) in [6.45, 7) is 2.83. The maximum absolute atomic E-state index is 11.1. The molecule has 1 unspecified atom stereocenters. The van der Waals surface area contributed by atoms with Gasteiger partial charge in [0.1, 0.15) is 0 Å². The van der Waals surface area contributed by atoms with Gasteiger partial charge in [-0.05, 0) is 24.1 Å². The van der Waals surface area contributed by atoms with Gasteiger partial charge in [-0.25, -0.2) is 0 Å². The third-order valence-electron chi connectivity index (χ3n) is 2.57. The van der Waals surface area contributed by atoms with Crippen molar-refractivity contribution < 1.29 is 4.79 Å². The molecule has 0 bridgehead atoms. The van der Waals surface area contributed by atoms with Crippen LogP contribution in [-0.4, -0.2) is 12.5 Å². The quantitative estimate of drug-likeness (QED) is 0.818. The molecule has 1 saturated heterocycles. The van der Waals surface area contributed by atoms with Gasteiger partial charge in [0, 0.05) is 23.4 Å². The first-order valence-corrected chi connectivity index (χ1v) is 5.49. The molecule has 1 amide bonds. The second-order valence-corrected chi connectivity index (χ2v) is 4.58. The lowest BCUT2D eigenvalue weighted by molar-refractivity contribution is -0.119. The number of nitrogens with one attached hydrogen (secondary N) is 1. The largest absolute Gasteiger partial charge is 0.355 e. The minimum absolute atomic E-state index is 0.155. The Balaban J connectivity index is 2.28. The molecule has 0 spiro atoms. The van der Waals surface area contributed by atoms with E-state index >= 15 is 0 Å². The average Bonchev–Trinajstić information content (AvgIpc) is 2.51. The Morgan fingerprint density at radius 2 is 2.29 bits per heavy atom. The topological polar surface area (TPSA) is 29.1 Å². The highest BCUT2D eigenvalue weighted by Gasteiger charge is 2.24. The average molecular weight is 254 g/mol. The molecule has 0 aliphatic carbocycles. The molecule has 1 heterocycles. The zero-order valence-electron chi connectivity index (χ0n) is 8.01. The lowest BCUT2D eigenvalue weighted by atomic mass is 9.97. The number of amides is 1. The maximum atomic E-state index is 11.1. The fourth-order valence-electron chi connectivity index (χ4n) is 1.79. The smallest absolute Gasteiger partial charge is 0.220 e. The molecule has 1 aromatic rings. The fourth-order valence-corrected chi connectivity index (χ4v) is 2.61. The van der Waals surface area contributed by atoms with E-state index in [1.807, 2.05) is 0 Å². The summed E-state index contributed by atoms with van der Waals surface area (Å²) in [5.41, 5.74) is 2.46. The van der Waals surface area contributed by atoms with Crippen molar-refractivity contribution in [3.63, 3.8) is 0 Å². The van der Waals surface area contributed by atoms with Crippen LogP contribution in [0.3, 0.4) is 0 Å². The number of carbonyl (C=O) groups excluding carboxylic acids is 1. The van der Waals surface area contributed by atoms with Crippen LogP contribution in [0.2, 0.25) is 0 Å². The van der Waals surface area contributed by atoms with E-state index in [1.165, 1.54) is 11.1 Å². The van der Waals surface area contributed by atoms with E-state index in [-0.39, 0.29) is 5.91 Å². The third kappa shape index (κ3) is 1.82. The summed E-state index contributed by atoms with van der Waals surface area (Å²) in [7, 11) is 0. The van der Waals surface area contributed by atoms with Gasteiger partial charge in [0.25, 0.3) is 0 Å². The van der Waals surface area contributed by atoms with Gasteiger partial charge in [-0.2, -0.15) is 0 Å². The van der Waals surface area contributed by atoms with E-state index in [9.17, 15) is 4.79 Å². The molecule has 14 heavy (non-hydrogen) atoms. The van der Waals surface area contributed by atoms with Crippen LogP contribution in [0, 0.1) is 6.92 Å². The van der Waals surface area contributed by atoms with Gasteiger partial charge in [0.05, 0.1) is 0 Å². The Labute approximate surface area is 91.8 Å². The van der Waals surface area contributed by atoms with Crippen molar-refractivity contribution >= 4 is 21.8 Å². The van der Waals surface area contributed by atoms with Crippen LogP contribution < -0.4 is 5.32 Å². The van der Waals surface area contributed by atoms with E-state index in [2.05, 4.69) is 46.4 Å². The molecular formula is C11H12BrNO. The first-order valence-electron chi connectivity index (χ1n) is 4.69. The van der Waals surface area contributed by atoms with Crippen LogP contribution in [0.1, 0.15) is 23.5 Å². The number of benzene rings is 1. The second-order valence-electron chi connectivity index (χ2n) is 3.73. The molecule has 1 aromatic carbocycles. The summed E-state index contributed by atoms with van der Waals surface area (Å²) in [5.74, 6) is 0.486. The summed E-state index contributed by atoms with van der Waals surface area (Å²) in [5, 5.41) is 2.85. The van der Waals surface area contributed by atoms with Gasteiger partial charge in [-0.1, -0.05) is 28.1 Å². The highest BCUT2D eigenvalue weighted by molar-refractivity contribution is 9.10. The molecule has 2 nitrogen and oxygen atoms in total. The molecule has 0 radical (unpaired) electrons. The Kier molecular flexibility index (Phi) is 2.59. The highest BCUT2D eigenvalue weighted by Crippen LogP contribution is 2.30. The molecule has 1 fully saturated rings. The summed E-state index contributed by atoms with van der Waals surface area (Å²) < 4.78 is 1.11. The van der Waals surface area contributed by atoms with Crippen molar-refractivity contribution in [1.82, 2.24) is 5.32 Å². The first kappa shape index (κ1) is 9.71. The number of hydrogen-bond donors (Lipinski definition) is 1. The van der Waals surface area contributed by atoms with E-state index in [1.54, 1.807) is 0 Å². The van der Waals surface area contributed by atoms with E-state index in [0.717, 1.165) is 11.0 Å². The normalized spacial score (nSPS) is 21.0. The SMILES string of the molecule is Cc1ccc(C2CNC(=O)C2)c(Br)c1. The van der Waals surface area contributed by atoms with Crippen molar-refractivity contribution in [1.29, 1.82) is 0 Å². The van der Waals surface area contributed by atoms with Gasteiger partial charge in [0.15, 0.2) is 0 Å². The zero-order chi connectivity index (χ0) is 10.1. The zero-order valence-corrected chi connectivity index (χ0v) is 9.60. The van der Waals surface area contributed by atoms with Crippen molar-refractivity contribution in [3.8, 4) is 0 Å². The fraction of sp³-hybridized carbons (Fsp3) is 0.364. The summed E-state index contributed by atoms with van der Waals surface area (Å²) in [6.07, 6.45) is 0.613.